The molecule has 0 bridgehead atoms. The molecule has 0 spiro atoms. The van der Waals surface area contributed by atoms with Crippen LogP contribution >= 0.6 is 0 Å². The lowest BCUT2D eigenvalue weighted by atomic mass is 10.2. The molecule has 0 aliphatic heterocycles. The number of hydrogen-bond acceptors (Lipinski definition) is 4. The van der Waals surface area contributed by atoms with E-state index in [1.54, 1.807) is 0 Å². The van der Waals surface area contributed by atoms with Gasteiger partial charge in [0.1, 0.15) is 0 Å². The number of hydrogen-bond donors (Lipinski definition) is 4. The van der Waals surface area contributed by atoms with Gasteiger partial charge in [0.25, 0.3) is 5.91 Å². The fourth-order valence-corrected chi connectivity index (χ4v) is 1.02. The normalized spacial score (nSPS) is 14.7. The van der Waals surface area contributed by atoms with Gasteiger partial charge >= 0.3 is 0 Å². The molecule has 0 heterocycles. The van der Waals surface area contributed by atoms with Gasteiger partial charge in [-0.2, -0.15) is 0 Å². The standard InChI is InChI=1S/C9H19N3O3/c1-5(2)11-9(8(10)15)12-7(14)4-6(3)13/h5-6,9,11,13H,4H2,1-3H3,(H2,10,15)(H,12,14)/t6?,9-/m1/s1. The quantitative estimate of drug-likeness (QED) is 0.414. The molecule has 2 atom stereocenters. The highest BCUT2D eigenvalue weighted by molar-refractivity contribution is 5.86. The Balaban J connectivity index is 4.16. The molecule has 0 saturated heterocycles. The third-order valence-corrected chi connectivity index (χ3v) is 1.57. The minimum absolute atomic E-state index is 0.0225. The third kappa shape index (κ3) is 6.87. The first-order valence-corrected chi connectivity index (χ1v) is 4.85. The van der Waals surface area contributed by atoms with E-state index in [-0.39, 0.29) is 12.5 Å². The minimum Gasteiger partial charge on any atom is -0.393 e. The van der Waals surface area contributed by atoms with Crippen LogP contribution in [0.15, 0.2) is 0 Å². The number of nitrogens with two attached hydrogens (primary N) is 1. The van der Waals surface area contributed by atoms with Crippen molar-refractivity contribution < 1.29 is 14.7 Å². The van der Waals surface area contributed by atoms with Crippen molar-refractivity contribution in [3.8, 4) is 0 Å². The van der Waals surface area contributed by atoms with E-state index in [1.165, 1.54) is 6.92 Å². The van der Waals surface area contributed by atoms with Gasteiger partial charge in [0.2, 0.25) is 5.91 Å². The first kappa shape index (κ1) is 13.9. The van der Waals surface area contributed by atoms with Crippen molar-refractivity contribution in [3.05, 3.63) is 0 Å². The van der Waals surface area contributed by atoms with E-state index in [4.69, 9.17) is 10.8 Å². The van der Waals surface area contributed by atoms with Crippen LogP contribution in [0, 0.1) is 0 Å². The summed E-state index contributed by atoms with van der Waals surface area (Å²) in [4.78, 5) is 22.2. The summed E-state index contributed by atoms with van der Waals surface area (Å²) in [6, 6.07) is 0.0225. The van der Waals surface area contributed by atoms with Crippen LogP contribution in [0.3, 0.4) is 0 Å². The summed E-state index contributed by atoms with van der Waals surface area (Å²) < 4.78 is 0. The van der Waals surface area contributed by atoms with Crippen LogP contribution in [0.4, 0.5) is 0 Å². The number of carbonyl (C=O) groups excluding carboxylic acids is 2. The number of aliphatic hydroxyl groups is 1. The zero-order chi connectivity index (χ0) is 12.0. The number of rotatable bonds is 6. The second-order valence-electron chi connectivity index (χ2n) is 3.78. The van der Waals surface area contributed by atoms with Gasteiger partial charge in [0.15, 0.2) is 6.17 Å². The molecule has 2 amide bonds. The Bertz CT molecular complexity index is 229. The molecule has 1 unspecified atom stereocenters. The first-order valence-electron chi connectivity index (χ1n) is 4.85. The highest BCUT2D eigenvalue weighted by Crippen LogP contribution is 1.91. The van der Waals surface area contributed by atoms with Crippen molar-refractivity contribution in [3.63, 3.8) is 0 Å². The van der Waals surface area contributed by atoms with Crippen LogP contribution in [0.5, 0.6) is 0 Å². The average molecular weight is 217 g/mol. The molecule has 0 aliphatic rings. The molecule has 15 heavy (non-hydrogen) atoms. The van der Waals surface area contributed by atoms with E-state index in [0.29, 0.717) is 0 Å². The van der Waals surface area contributed by atoms with Gasteiger partial charge in [-0.25, -0.2) is 0 Å². The maximum absolute atomic E-state index is 11.2. The average Bonchev–Trinajstić information content (AvgIpc) is 1.99. The van der Waals surface area contributed by atoms with Gasteiger partial charge in [-0.3, -0.25) is 14.9 Å². The molecule has 0 aromatic carbocycles. The summed E-state index contributed by atoms with van der Waals surface area (Å²) in [5.74, 6) is -1.07. The van der Waals surface area contributed by atoms with E-state index >= 15 is 0 Å². The Morgan fingerprint density at radius 3 is 2.20 bits per heavy atom. The number of primary amides is 1. The smallest absolute Gasteiger partial charge is 0.255 e. The molecule has 0 saturated carbocycles. The van der Waals surface area contributed by atoms with E-state index in [9.17, 15) is 9.59 Å². The maximum atomic E-state index is 11.2. The second kappa shape index (κ2) is 6.36. The first-order chi connectivity index (χ1) is 6.82. The summed E-state index contributed by atoms with van der Waals surface area (Å²) >= 11 is 0. The van der Waals surface area contributed by atoms with Crippen LogP contribution in [0.1, 0.15) is 27.2 Å². The predicted octanol–water partition coefficient (Wildman–Crippen LogP) is -1.32. The summed E-state index contributed by atoms with van der Waals surface area (Å²) in [7, 11) is 0. The van der Waals surface area contributed by atoms with Crippen LogP contribution < -0.4 is 16.4 Å². The fourth-order valence-electron chi connectivity index (χ4n) is 1.02. The maximum Gasteiger partial charge on any atom is 0.255 e. The third-order valence-electron chi connectivity index (χ3n) is 1.57. The lowest BCUT2D eigenvalue weighted by Gasteiger charge is -2.19. The number of nitrogens with one attached hydrogen (secondary N) is 2. The monoisotopic (exact) mass is 217 g/mol. The SMILES string of the molecule is CC(O)CC(=O)N[C@@H](NC(C)C)C(N)=O. The topological polar surface area (TPSA) is 104 Å². The molecule has 6 nitrogen and oxygen atoms in total. The number of carbonyl (C=O) groups is 2. The van der Waals surface area contributed by atoms with Crippen molar-refractivity contribution >= 4 is 11.8 Å². The Morgan fingerprint density at radius 1 is 1.33 bits per heavy atom. The number of amides is 2. The van der Waals surface area contributed by atoms with Crippen molar-refractivity contribution in [2.75, 3.05) is 0 Å². The van der Waals surface area contributed by atoms with E-state index in [2.05, 4.69) is 10.6 Å². The van der Waals surface area contributed by atoms with Crippen molar-refractivity contribution in [2.45, 2.75) is 45.5 Å². The predicted molar refractivity (Wildman–Crippen MR) is 55.7 cm³/mol. The molecule has 6 heteroatoms. The van der Waals surface area contributed by atoms with Crippen LogP contribution in [-0.4, -0.2) is 35.2 Å². The lowest BCUT2D eigenvalue weighted by Crippen LogP contribution is -2.55. The second-order valence-corrected chi connectivity index (χ2v) is 3.78. The molecule has 0 aromatic rings. The highest BCUT2D eigenvalue weighted by atomic mass is 16.3. The molecular weight excluding hydrogens is 198 g/mol. The van der Waals surface area contributed by atoms with E-state index in [1.807, 2.05) is 13.8 Å². The lowest BCUT2D eigenvalue weighted by molar-refractivity contribution is -0.129. The molecule has 0 rings (SSSR count). The summed E-state index contributed by atoms with van der Waals surface area (Å²) in [6.07, 6.45) is -1.68. The van der Waals surface area contributed by atoms with Gasteiger partial charge in [-0.15, -0.1) is 0 Å². The summed E-state index contributed by atoms with van der Waals surface area (Å²) in [5, 5.41) is 14.1. The minimum atomic E-state index is -0.892. The van der Waals surface area contributed by atoms with Crippen molar-refractivity contribution in [1.82, 2.24) is 10.6 Å². The summed E-state index contributed by atoms with van der Waals surface area (Å²) in [5.41, 5.74) is 5.09. The van der Waals surface area contributed by atoms with Crippen LogP contribution in [0.25, 0.3) is 0 Å². The molecule has 0 aromatic heterocycles. The van der Waals surface area contributed by atoms with Crippen LogP contribution in [0.2, 0.25) is 0 Å². The van der Waals surface area contributed by atoms with Gasteiger partial charge in [-0.1, -0.05) is 0 Å². The zero-order valence-corrected chi connectivity index (χ0v) is 9.28. The van der Waals surface area contributed by atoms with Gasteiger partial charge < -0.3 is 16.2 Å². The van der Waals surface area contributed by atoms with Crippen molar-refractivity contribution in [2.24, 2.45) is 5.73 Å². The van der Waals surface area contributed by atoms with E-state index < -0.39 is 24.1 Å². The molecule has 0 fully saturated rings. The number of aliphatic hydroxyl groups excluding tert-OH is 1. The van der Waals surface area contributed by atoms with Crippen molar-refractivity contribution in [1.29, 1.82) is 0 Å². The molecular formula is C9H19N3O3. The summed E-state index contributed by atoms with van der Waals surface area (Å²) in [6.45, 7) is 5.16. The van der Waals surface area contributed by atoms with Gasteiger partial charge in [0, 0.05) is 6.04 Å². The Kier molecular flexibility index (Phi) is 5.88. The Morgan fingerprint density at radius 2 is 1.87 bits per heavy atom. The van der Waals surface area contributed by atoms with E-state index in [0.717, 1.165) is 0 Å². The molecule has 88 valence electrons. The largest absolute Gasteiger partial charge is 0.393 e. The Hall–Kier alpha value is -1.14. The fraction of sp³-hybridized carbons (Fsp3) is 0.778. The highest BCUT2D eigenvalue weighted by Gasteiger charge is 2.18. The van der Waals surface area contributed by atoms with Gasteiger partial charge in [0.05, 0.1) is 12.5 Å². The molecule has 0 radical (unpaired) electrons. The van der Waals surface area contributed by atoms with Gasteiger partial charge in [-0.05, 0) is 20.8 Å². The molecule has 5 N–H and O–H groups in total. The Labute approximate surface area is 89.2 Å². The molecule has 0 aliphatic carbocycles. The zero-order valence-electron chi connectivity index (χ0n) is 9.28. The van der Waals surface area contributed by atoms with Crippen LogP contribution in [-0.2, 0) is 9.59 Å².